The Morgan fingerprint density at radius 2 is 2.00 bits per heavy atom. The van der Waals surface area contributed by atoms with Gasteiger partial charge in [-0.2, -0.15) is 0 Å². The van der Waals surface area contributed by atoms with Gasteiger partial charge in [0.25, 0.3) is 11.5 Å². The zero-order valence-corrected chi connectivity index (χ0v) is 15.3. The minimum atomic E-state index is -0.587. The lowest BCUT2D eigenvalue weighted by Gasteiger charge is -2.15. The second-order valence-corrected chi connectivity index (χ2v) is 6.45. The molecule has 0 radical (unpaired) electrons. The van der Waals surface area contributed by atoms with E-state index >= 15 is 0 Å². The summed E-state index contributed by atoms with van der Waals surface area (Å²) in [5.74, 6) is -0.859. The first kappa shape index (κ1) is 18.6. The lowest BCUT2D eigenvalue weighted by atomic mass is 10.1. The smallest absolute Gasteiger partial charge is 0.267 e. The van der Waals surface area contributed by atoms with E-state index in [4.69, 9.17) is 0 Å². The molecule has 6 heteroatoms. The van der Waals surface area contributed by atoms with Crippen LogP contribution in [0.5, 0.6) is 5.75 Å². The first-order valence-electron chi connectivity index (χ1n) is 9.15. The third kappa shape index (κ3) is 4.00. The fraction of sp³-hybridized carbons (Fsp3) is 0.286. The fourth-order valence-corrected chi connectivity index (χ4v) is 3.11. The molecule has 6 nitrogen and oxygen atoms in total. The molecule has 0 unspecified atom stereocenters. The molecule has 1 amide bonds. The number of carbonyl (C=O) groups is 1. The molecule has 0 saturated carbocycles. The predicted molar refractivity (Wildman–Crippen MR) is 105 cm³/mol. The number of unbranched alkanes of at least 4 members (excludes halogenated alkanes) is 2. The number of fused-ring (bicyclic) bond motifs is 1. The van der Waals surface area contributed by atoms with Crippen LogP contribution >= 0.6 is 0 Å². The molecule has 0 saturated heterocycles. The van der Waals surface area contributed by atoms with Crippen molar-refractivity contribution in [1.29, 1.82) is 0 Å². The molecule has 0 fully saturated rings. The van der Waals surface area contributed by atoms with Crippen LogP contribution in [0.25, 0.3) is 10.9 Å². The van der Waals surface area contributed by atoms with Gasteiger partial charge in [-0.1, -0.05) is 38.0 Å². The van der Waals surface area contributed by atoms with Crippen LogP contribution in [-0.4, -0.2) is 20.6 Å². The van der Waals surface area contributed by atoms with E-state index in [1.165, 1.54) is 0 Å². The van der Waals surface area contributed by atoms with Crippen LogP contribution < -0.4 is 10.9 Å². The number of hydrogen-bond donors (Lipinski definition) is 2. The molecule has 0 atom stereocenters. The number of nitrogens with one attached hydrogen (secondary N) is 1. The minimum Gasteiger partial charge on any atom is -0.506 e. The Balaban J connectivity index is 1.98. The second kappa shape index (κ2) is 8.49. The topological polar surface area (TPSA) is 84.2 Å². The van der Waals surface area contributed by atoms with E-state index in [-0.39, 0.29) is 17.9 Å². The number of aromatic hydroxyl groups is 1. The van der Waals surface area contributed by atoms with Gasteiger partial charge in [0.05, 0.1) is 5.52 Å². The van der Waals surface area contributed by atoms with Crippen molar-refractivity contribution in [3.63, 3.8) is 0 Å². The van der Waals surface area contributed by atoms with Gasteiger partial charge in [0.2, 0.25) is 0 Å². The average Bonchev–Trinajstić information content (AvgIpc) is 2.70. The molecule has 140 valence electrons. The van der Waals surface area contributed by atoms with Crippen molar-refractivity contribution in [2.75, 3.05) is 0 Å². The summed E-state index contributed by atoms with van der Waals surface area (Å²) in [7, 11) is 0. The van der Waals surface area contributed by atoms with Crippen LogP contribution in [0.4, 0.5) is 0 Å². The summed E-state index contributed by atoms with van der Waals surface area (Å²) in [4.78, 5) is 29.7. The summed E-state index contributed by atoms with van der Waals surface area (Å²) in [5.41, 5.74) is 0.773. The Labute approximate surface area is 157 Å². The maximum atomic E-state index is 13.0. The third-order valence-corrected chi connectivity index (χ3v) is 4.53. The van der Waals surface area contributed by atoms with E-state index in [0.717, 1.165) is 24.8 Å². The molecule has 0 aliphatic heterocycles. The Morgan fingerprint density at radius 1 is 1.19 bits per heavy atom. The lowest BCUT2D eigenvalue weighted by Crippen LogP contribution is -2.33. The zero-order valence-electron chi connectivity index (χ0n) is 15.3. The number of carbonyl (C=O) groups excluding carboxylic acids is 1. The van der Waals surface area contributed by atoms with Gasteiger partial charge in [-0.25, -0.2) is 0 Å². The summed E-state index contributed by atoms with van der Waals surface area (Å²) in [6.45, 7) is 2.83. The standard InChI is InChI=1S/C21H23N3O3/c1-2-3-6-12-24-17-10-5-4-9-16(17)19(25)18(21(24)27)20(26)23-14-15-8-7-11-22-13-15/h4-5,7-11,13,25H,2-3,6,12,14H2,1H3,(H,23,26). The lowest BCUT2D eigenvalue weighted by molar-refractivity contribution is 0.0946. The number of amides is 1. The molecular formula is C21H23N3O3. The van der Waals surface area contributed by atoms with E-state index in [1.54, 1.807) is 41.2 Å². The molecule has 3 rings (SSSR count). The van der Waals surface area contributed by atoms with Crippen molar-refractivity contribution in [3.8, 4) is 5.75 Å². The Morgan fingerprint density at radius 3 is 2.74 bits per heavy atom. The van der Waals surface area contributed by atoms with E-state index in [9.17, 15) is 14.7 Å². The maximum Gasteiger partial charge on any atom is 0.267 e. The molecule has 27 heavy (non-hydrogen) atoms. The highest BCUT2D eigenvalue weighted by Crippen LogP contribution is 2.26. The Hall–Kier alpha value is -3.15. The van der Waals surface area contributed by atoms with Crippen LogP contribution in [-0.2, 0) is 13.1 Å². The van der Waals surface area contributed by atoms with Crippen LogP contribution in [0.1, 0.15) is 42.1 Å². The third-order valence-electron chi connectivity index (χ3n) is 4.53. The van der Waals surface area contributed by atoms with Crippen molar-refractivity contribution >= 4 is 16.8 Å². The van der Waals surface area contributed by atoms with Crippen LogP contribution in [0.15, 0.2) is 53.6 Å². The number of aryl methyl sites for hydroxylation is 1. The van der Waals surface area contributed by atoms with Gasteiger partial charge in [0.1, 0.15) is 11.3 Å². The maximum absolute atomic E-state index is 13.0. The first-order valence-corrected chi connectivity index (χ1v) is 9.15. The van der Waals surface area contributed by atoms with E-state index in [2.05, 4.69) is 17.2 Å². The molecule has 0 aliphatic rings. The predicted octanol–water partition coefficient (Wildman–Crippen LogP) is 3.22. The van der Waals surface area contributed by atoms with E-state index in [0.29, 0.717) is 17.4 Å². The molecule has 3 aromatic rings. The van der Waals surface area contributed by atoms with Gasteiger partial charge in [0.15, 0.2) is 0 Å². The summed E-state index contributed by atoms with van der Waals surface area (Å²) < 4.78 is 1.59. The van der Waals surface area contributed by atoms with Crippen molar-refractivity contribution in [2.24, 2.45) is 0 Å². The number of hydrogen-bond acceptors (Lipinski definition) is 4. The molecule has 0 aliphatic carbocycles. The summed E-state index contributed by atoms with van der Waals surface area (Å²) in [5, 5.41) is 13.8. The summed E-state index contributed by atoms with van der Waals surface area (Å²) in [6, 6.07) is 10.7. The van der Waals surface area contributed by atoms with Crippen molar-refractivity contribution < 1.29 is 9.90 Å². The van der Waals surface area contributed by atoms with Gasteiger partial charge in [-0.3, -0.25) is 14.6 Å². The van der Waals surface area contributed by atoms with Crippen molar-refractivity contribution in [1.82, 2.24) is 14.9 Å². The Kier molecular flexibility index (Phi) is 5.86. The highest BCUT2D eigenvalue weighted by Gasteiger charge is 2.21. The number of pyridine rings is 2. The molecule has 2 aromatic heterocycles. The SMILES string of the molecule is CCCCCn1c(=O)c(C(=O)NCc2cccnc2)c(O)c2ccccc21. The summed E-state index contributed by atoms with van der Waals surface area (Å²) >= 11 is 0. The molecule has 1 aromatic carbocycles. The van der Waals surface area contributed by atoms with E-state index < -0.39 is 11.5 Å². The fourth-order valence-electron chi connectivity index (χ4n) is 3.11. The monoisotopic (exact) mass is 365 g/mol. The van der Waals surface area contributed by atoms with Crippen LogP contribution in [0.2, 0.25) is 0 Å². The van der Waals surface area contributed by atoms with Gasteiger partial charge >= 0.3 is 0 Å². The molecular weight excluding hydrogens is 342 g/mol. The first-order chi connectivity index (χ1) is 13.1. The molecule has 0 bridgehead atoms. The van der Waals surface area contributed by atoms with Gasteiger partial charge in [-0.15, -0.1) is 0 Å². The van der Waals surface area contributed by atoms with Crippen molar-refractivity contribution in [2.45, 2.75) is 39.3 Å². The number of nitrogens with zero attached hydrogens (tertiary/aromatic N) is 2. The number of aromatic nitrogens is 2. The van der Waals surface area contributed by atoms with Gasteiger partial charge in [-0.05, 0) is 30.2 Å². The number of rotatable bonds is 7. The van der Waals surface area contributed by atoms with Crippen molar-refractivity contribution in [3.05, 3.63) is 70.3 Å². The van der Waals surface area contributed by atoms with E-state index in [1.807, 2.05) is 12.1 Å². The quantitative estimate of drug-likeness (QED) is 0.630. The minimum absolute atomic E-state index is 0.214. The molecule has 0 spiro atoms. The zero-order chi connectivity index (χ0) is 19.2. The highest BCUT2D eigenvalue weighted by molar-refractivity contribution is 6.02. The van der Waals surface area contributed by atoms with Crippen LogP contribution in [0, 0.1) is 0 Å². The van der Waals surface area contributed by atoms with Gasteiger partial charge in [0, 0.05) is 30.9 Å². The summed E-state index contributed by atoms with van der Waals surface area (Å²) in [6.07, 6.45) is 6.15. The Bertz CT molecular complexity index is 997. The second-order valence-electron chi connectivity index (χ2n) is 6.45. The normalized spacial score (nSPS) is 10.9. The van der Waals surface area contributed by atoms with Gasteiger partial charge < -0.3 is 15.0 Å². The molecule has 2 N–H and O–H groups in total. The average molecular weight is 365 g/mol. The highest BCUT2D eigenvalue weighted by atomic mass is 16.3. The number of benzene rings is 1. The van der Waals surface area contributed by atoms with Crippen LogP contribution in [0.3, 0.4) is 0 Å². The number of para-hydroxylation sites is 1. The molecule has 2 heterocycles. The largest absolute Gasteiger partial charge is 0.506 e.